The number of alkyl halides is 2. The highest BCUT2D eigenvalue weighted by molar-refractivity contribution is 6.30. The molecule has 1 aliphatic heterocycles. The molecule has 1 aliphatic rings. The Labute approximate surface area is 166 Å². The van der Waals surface area contributed by atoms with Crippen LogP contribution in [0.25, 0.3) is 22.0 Å². The van der Waals surface area contributed by atoms with Crippen molar-refractivity contribution < 1.29 is 8.78 Å². The zero-order valence-corrected chi connectivity index (χ0v) is 16.1. The summed E-state index contributed by atoms with van der Waals surface area (Å²) in [7, 11) is 2.09. The van der Waals surface area contributed by atoms with Gasteiger partial charge in [0.05, 0.1) is 0 Å². The first-order chi connectivity index (χ1) is 13.5. The van der Waals surface area contributed by atoms with Crippen molar-refractivity contribution in [1.82, 2.24) is 20.1 Å². The number of likely N-dealkylation sites (N-methyl/N-ethyl adjacent to an activating group) is 1. The van der Waals surface area contributed by atoms with Crippen LogP contribution in [0.15, 0.2) is 36.7 Å². The lowest BCUT2D eigenvalue weighted by atomic mass is 10.0. The van der Waals surface area contributed by atoms with Crippen molar-refractivity contribution in [2.45, 2.75) is 25.3 Å². The molecule has 0 saturated carbocycles. The second kappa shape index (κ2) is 7.93. The number of anilines is 1. The lowest BCUT2D eigenvalue weighted by molar-refractivity contribution is 0.152. The largest absolute Gasteiger partial charge is 0.364 e. The summed E-state index contributed by atoms with van der Waals surface area (Å²) in [5.74, 6) is 0.625. The molecule has 0 bridgehead atoms. The van der Waals surface area contributed by atoms with Gasteiger partial charge < -0.3 is 10.2 Å². The first-order valence-electron chi connectivity index (χ1n) is 9.16. The summed E-state index contributed by atoms with van der Waals surface area (Å²) < 4.78 is 27.2. The van der Waals surface area contributed by atoms with Crippen molar-refractivity contribution in [2.75, 3.05) is 25.5 Å². The standard InChI is InChI=1S/C20H20ClF2N5/c1-28-8-2-3-13(11-28)25-20-17-10-24-7-6-15(17)18(26-27-20)14-5-4-12(21)9-16(14)19(22)23/h4-7,9-10,13,19H,2-3,8,11H2,1H3,(H,25,27)/t13-/m1/s1. The molecule has 1 saturated heterocycles. The predicted octanol–water partition coefficient (Wildman–Crippen LogP) is 4.79. The van der Waals surface area contributed by atoms with E-state index in [1.165, 1.54) is 6.07 Å². The molecule has 0 radical (unpaired) electrons. The van der Waals surface area contributed by atoms with Gasteiger partial charge >= 0.3 is 0 Å². The Balaban J connectivity index is 1.79. The molecule has 5 nitrogen and oxygen atoms in total. The summed E-state index contributed by atoms with van der Waals surface area (Å²) in [5, 5.41) is 13.8. The maximum Gasteiger partial charge on any atom is 0.264 e. The van der Waals surface area contributed by atoms with E-state index in [-0.39, 0.29) is 16.6 Å². The fraction of sp³-hybridized carbons (Fsp3) is 0.350. The molecule has 28 heavy (non-hydrogen) atoms. The van der Waals surface area contributed by atoms with Crippen LogP contribution in [0.5, 0.6) is 0 Å². The zero-order valence-electron chi connectivity index (χ0n) is 15.4. The number of nitrogens with one attached hydrogen (secondary N) is 1. The maximum absolute atomic E-state index is 13.6. The Bertz CT molecular complexity index is 997. The van der Waals surface area contributed by atoms with Crippen molar-refractivity contribution in [3.63, 3.8) is 0 Å². The van der Waals surface area contributed by atoms with E-state index in [1.807, 2.05) is 0 Å². The minimum atomic E-state index is -2.66. The quantitative estimate of drug-likeness (QED) is 0.678. The molecule has 0 spiro atoms. The third kappa shape index (κ3) is 3.77. The van der Waals surface area contributed by atoms with Gasteiger partial charge in [-0.15, -0.1) is 10.2 Å². The number of benzene rings is 1. The van der Waals surface area contributed by atoms with E-state index in [9.17, 15) is 8.78 Å². The predicted molar refractivity (Wildman–Crippen MR) is 107 cm³/mol. The number of hydrogen-bond acceptors (Lipinski definition) is 5. The van der Waals surface area contributed by atoms with Crippen molar-refractivity contribution in [2.24, 2.45) is 0 Å². The summed E-state index contributed by atoms with van der Waals surface area (Å²) in [5.41, 5.74) is 0.567. The number of nitrogens with zero attached hydrogens (tertiary/aromatic N) is 4. The fourth-order valence-corrected chi connectivity index (χ4v) is 3.89. The third-order valence-electron chi connectivity index (χ3n) is 5.05. The van der Waals surface area contributed by atoms with Crippen molar-refractivity contribution in [3.8, 4) is 11.3 Å². The van der Waals surface area contributed by atoms with Crippen LogP contribution < -0.4 is 5.32 Å². The lowest BCUT2D eigenvalue weighted by Gasteiger charge is -2.30. The first kappa shape index (κ1) is 19.0. The van der Waals surface area contributed by atoms with Gasteiger partial charge in [-0.1, -0.05) is 17.7 Å². The lowest BCUT2D eigenvalue weighted by Crippen LogP contribution is -2.40. The molecule has 1 N–H and O–H groups in total. The van der Waals surface area contributed by atoms with Crippen molar-refractivity contribution in [3.05, 3.63) is 47.2 Å². The summed E-state index contributed by atoms with van der Waals surface area (Å²) in [4.78, 5) is 6.47. The number of piperidine rings is 1. The van der Waals surface area contributed by atoms with Gasteiger partial charge in [0, 0.05) is 51.9 Å². The van der Waals surface area contributed by atoms with Gasteiger partial charge in [-0.25, -0.2) is 8.78 Å². The van der Waals surface area contributed by atoms with Crippen molar-refractivity contribution in [1.29, 1.82) is 0 Å². The van der Waals surface area contributed by atoms with Crippen LogP contribution in [0.1, 0.15) is 24.8 Å². The second-order valence-electron chi connectivity index (χ2n) is 7.10. The second-order valence-corrected chi connectivity index (χ2v) is 7.53. The maximum atomic E-state index is 13.6. The number of pyridine rings is 1. The van der Waals surface area contributed by atoms with E-state index in [0.29, 0.717) is 17.1 Å². The summed E-state index contributed by atoms with van der Waals surface area (Å²) in [6.45, 7) is 2.00. The number of likely N-dealkylation sites (tertiary alicyclic amines) is 1. The van der Waals surface area contributed by atoms with E-state index in [0.717, 1.165) is 36.7 Å². The van der Waals surface area contributed by atoms with Gasteiger partial charge in [-0.2, -0.15) is 0 Å². The van der Waals surface area contributed by atoms with Crippen LogP contribution >= 0.6 is 11.6 Å². The third-order valence-corrected chi connectivity index (χ3v) is 5.29. The molecule has 0 aliphatic carbocycles. The molecule has 1 atom stereocenters. The molecule has 3 aromatic rings. The number of fused-ring (bicyclic) bond motifs is 1. The van der Waals surface area contributed by atoms with Gasteiger partial charge in [-0.05, 0) is 44.6 Å². The van der Waals surface area contributed by atoms with Gasteiger partial charge in [0.25, 0.3) is 6.43 Å². The molecule has 2 aromatic heterocycles. The number of hydrogen-bond donors (Lipinski definition) is 1. The van der Waals surface area contributed by atoms with Crippen LogP contribution in [-0.4, -0.2) is 46.3 Å². The average molecular weight is 404 g/mol. The molecule has 4 rings (SSSR count). The smallest absolute Gasteiger partial charge is 0.264 e. The minimum Gasteiger partial charge on any atom is -0.364 e. The molecule has 0 amide bonds. The molecule has 1 aromatic carbocycles. The molecule has 146 valence electrons. The summed E-state index contributed by atoms with van der Waals surface area (Å²) in [6.07, 6.45) is 2.81. The van der Waals surface area contributed by atoms with Crippen LogP contribution in [0.4, 0.5) is 14.6 Å². The van der Waals surface area contributed by atoms with E-state index >= 15 is 0 Å². The monoisotopic (exact) mass is 403 g/mol. The number of rotatable bonds is 4. The molecule has 0 unspecified atom stereocenters. The van der Waals surface area contributed by atoms with Crippen LogP contribution in [-0.2, 0) is 0 Å². The Morgan fingerprint density at radius 3 is 2.86 bits per heavy atom. The summed E-state index contributed by atoms with van der Waals surface area (Å²) >= 11 is 5.92. The molecule has 1 fully saturated rings. The van der Waals surface area contributed by atoms with E-state index in [2.05, 4.69) is 32.4 Å². The first-order valence-corrected chi connectivity index (χ1v) is 9.54. The van der Waals surface area contributed by atoms with Gasteiger partial charge in [0.15, 0.2) is 5.82 Å². The highest BCUT2D eigenvalue weighted by Crippen LogP contribution is 2.36. The van der Waals surface area contributed by atoms with Crippen LogP contribution in [0.3, 0.4) is 0 Å². The number of aromatic nitrogens is 3. The Morgan fingerprint density at radius 2 is 2.07 bits per heavy atom. The Hall–Kier alpha value is -2.38. The SMILES string of the molecule is CN1CCC[C@@H](Nc2nnc(-c3ccc(Cl)cc3C(F)F)c3ccncc23)C1. The van der Waals surface area contributed by atoms with Crippen LogP contribution in [0, 0.1) is 0 Å². The van der Waals surface area contributed by atoms with Gasteiger partial charge in [0.1, 0.15) is 5.69 Å². The zero-order chi connectivity index (χ0) is 19.7. The molecular formula is C20H20ClF2N5. The molecule has 3 heterocycles. The summed E-state index contributed by atoms with van der Waals surface area (Å²) in [6, 6.07) is 6.47. The van der Waals surface area contributed by atoms with E-state index < -0.39 is 6.43 Å². The topological polar surface area (TPSA) is 53.9 Å². The molecular weight excluding hydrogens is 384 g/mol. The van der Waals surface area contributed by atoms with E-state index in [4.69, 9.17) is 11.6 Å². The fourth-order valence-electron chi connectivity index (χ4n) is 3.71. The highest BCUT2D eigenvalue weighted by Gasteiger charge is 2.22. The minimum absolute atomic E-state index is 0.158. The van der Waals surface area contributed by atoms with Gasteiger partial charge in [0.2, 0.25) is 0 Å². The van der Waals surface area contributed by atoms with E-state index in [1.54, 1.807) is 30.6 Å². The normalized spacial score (nSPS) is 18.0. The molecule has 8 heteroatoms. The van der Waals surface area contributed by atoms with Gasteiger partial charge in [-0.3, -0.25) is 4.98 Å². The van der Waals surface area contributed by atoms with Crippen molar-refractivity contribution >= 4 is 28.2 Å². The number of halogens is 3. The highest BCUT2D eigenvalue weighted by atomic mass is 35.5. The van der Waals surface area contributed by atoms with Crippen LogP contribution in [0.2, 0.25) is 5.02 Å². The average Bonchev–Trinajstić information content (AvgIpc) is 2.68. The Morgan fingerprint density at radius 1 is 1.21 bits per heavy atom. The Kier molecular flexibility index (Phi) is 5.37.